The Hall–Kier alpha value is -1.22. The first-order valence-corrected chi connectivity index (χ1v) is 6.38. The number of hydrogen-bond donors (Lipinski definition) is 1. The van der Waals surface area contributed by atoms with Crippen LogP contribution in [0.2, 0.25) is 0 Å². The van der Waals surface area contributed by atoms with Crippen LogP contribution in [0.1, 0.15) is 38.8 Å². The van der Waals surface area contributed by atoms with Crippen molar-refractivity contribution >= 4 is 0 Å². The molecular formula is C15H25NO2. The Morgan fingerprint density at radius 1 is 1.11 bits per heavy atom. The number of nitrogens with one attached hydrogen (secondary N) is 1. The van der Waals surface area contributed by atoms with Crippen molar-refractivity contribution in [2.24, 2.45) is 5.41 Å². The molecule has 0 aliphatic carbocycles. The SMILES string of the molecule is CCC(C)(C)C(NC)c1cc(OC)cc(OC)c1. The molecule has 0 spiro atoms. The number of rotatable bonds is 6. The second-order valence-electron chi connectivity index (χ2n) is 5.21. The molecule has 0 fully saturated rings. The minimum atomic E-state index is 0.173. The standard InChI is InChI=1S/C15H25NO2/c1-7-15(2,3)14(16-4)11-8-12(17-5)10-13(9-11)18-6/h8-10,14,16H,7H2,1-6H3. The highest BCUT2D eigenvalue weighted by molar-refractivity contribution is 5.40. The largest absolute Gasteiger partial charge is 0.497 e. The van der Waals surface area contributed by atoms with Gasteiger partial charge in [0.2, 0.25) is 0 Å². The summed E-state index contributed by atoms with van der Waals surface area (Å²) in [7, 11) is 5.35. The molecule has 3 heteroatoms. The first-order valence-electron chi connectivity index (χ1n) is 6.38. The van der Waals surface area contributed by atoms with Crippen LogP contribution >= 0.6 is 0 Å². The molecule has 0 aliphatic rings. The van der Waals surface area contributed by atoms with Gasteiger partial charge in [0, 0.05) is 12.1 Å². The van der Waals surface area contributed by atoms with E-state index in [9.17, 15) is 0 Å². The molecular weight excluding hydrogens is 226 g/mol. The van der Waals surface area contributed by atoms with Gasteiger partial charge in [0.05, 0.1) is 14.2 Å². The summed E-state index contributed by atoms with van der Waals surface area (Å²) >= 11 is 0. The predicted molar refractivity (Wildman–Crippen MR) is 75.4 cm³/mol. The van der Waals surface area contributed by atoms with Crippen LogP contribution in [0.25, 0.3) is 0 Å². The van der Waals surface area contributed by atoms with E-state index < -0.39 is 0 Å². The highest BCUT2D eigenvalue weighted by Gasteiger charge is 2.28. The van der Waals surface area contributed by atoms with Gasteiger partial charge in [-0.15, -0.1) is 0 Å². The third-order valence-corrected chi connectivity index (χ3v) is 3.69. The van der Waals surface area contributed by atoms with Gasteiger partial charge in [-0.05, 0) is 36.6 Å². The van der Waals surface area contributed by atoms with Gasteiger partial charge in [-0.3, -0.25) is 0 Å². The number of hydrogen-bond acceptors (Lipinski definition) is 3. The molecule has 0 bridgehead atoms. The summed E-state index contributed by atoms with van der Waals surface area (Å²) in [6, 6.07) is 6.31. The topological polar surface area (TPSA) is 30.5 Å². The molecule has 0 aliphatic heterocycles. The van der Waals surface area contributed by atoms with E-state index in [1.54, 1.807) is 14.2 Å². The lowest BCUT2D eigenvalue weighted by atomic mass is 9.78. The Morgan fingerprint density at radius 3 is 1.94 bits per heavy atom. The van der Waals surface area contributed by atoms with Crippen molar-refractivity contribution < 1.29 is 9.47 Å². The van der Waals surface area contributed by atoms with Crippen molar-refractivity contribution in [1.82, 2.24) is 5.32 Å². The summed E-state index contributed by atoms with van der Waals surface area (Å²) in [6.45, 7) is 6.74. The monoisotopic (exact) mass is 251 g/mol. The first kappa shape index (κ1) is 14.8. The van der Waals surface area contributed by atoms with Crippen LogP contribution in [0.5, 0.6) is 11.5 Å². The average Bonchev–Trinajstić information content (AvgIpc) is 2.38. The lowest BCUT2D eigenvalue weighted by molar-refractivity contribution is 0.244. The number of methoxy groups -OCH3 is 2. The fourth-order valence-electron chi connectivity index (χ4n) is 2.21. The minimum Gasteiger partial charge on any atom is -0.497 e. The molecule has 1 aromatic carbocycles. The predicted octanol–water partition coefficient (Wildman–Crippen LogP) is 3.40. The fourth-order valence-corrected chi connectivity index (χ4v) is 2.21. The van der Waals surface area contributed by atoms with Gasteiger partial charge in [-0.2, -0.15) is 0 Å². The van der Waals surface area contributed by atoms with E-state index in [1.165, 1.54) is 5.56 Å². The zero-order valence-corrected chi connectivity index (χ0v) is 12.3. The molecule has 18 heavy (non-hydrogen) atoms. The molecule has 0 heterocycles. The van der Waals surface area contributed by atoms with E-state index in [0.717, 1.165) is 17.9 Å². The Morgan fingerprint density at radius 2 is 1.61 bits per heavy atom. The van der Waals surface area contributed by atoms with Crippen molar-refractivity contribution in [1.29, 1.82) is 0 Å². The summed E-state index contributed by atoms with van der Waals surface area (Å²) in [5.41, 5.74) is 1.37. The molecule has 1 unspecified atom stereocenters. The Balaban J connectivity index is 3.20. The maximum absolute atomic E-state index is 5.33. The van der Waals surface area contributed by atoms with Crippen LogP contribution in [0.3, 0.4) is 0 Å². The highest BCUT2D eigenvalue weighted by Crippen LogP contribution is 2.38. The van der Waals surface area contributed by atoms with Gasteiger partial charge in [-0.1, -0.05) is 20.8 Å². The third kappa shape index (κ3) is 3.16. The molecule has 0 radical (unpaired) electrons. The molecule has 0 aromatic heterocycles. The van der Waals surface area contributed by atoms with Gasteiger partial charge in [0.15, 0.2) is 0 Å². The van der Waals surface area contributed by atoms with E-state index in [0.29, 0.717) is 0 Å². The summed E-state index contributed by atoms with van der Waals surface area (Å²) in [5.74, 6) is 1.66. The van der Waals surface area contributed by atoms with Gasteiger partial charge < -0.3 is 14.8 Å². The molecule has 1 N–H and O–H groups in total. The second-order valence-corrected chi connectivity index (χ2v) is 5.21. The summed E-state index contributed by atoms with van der Waals surface area (Å²) in [4.78, 5) is 0. The lowest BCUT2D eigenvalue weighted by Crippen LogP contribution is -2.31. The zero-order valence-electron chi connectivity index (χ0n) is 12.3. The van der Waals surface area contributed by atoms with E-state index in [-0.39, 0.29) is 11.5 Å². The van der Waals surface area contributed by atoms with Gasteiger partial charge >= 0.3 is 0 Å². The van der Waals surface area contributed by atoms with E-state index in [2.05, 4.69) is 38.2 Å². The smallest absolute Gasteiger partial charge is 0.122 e. The molecule has 1 aromatic rings. The van der Waals surface area contributed by atoms with Crippen LogP contribution < -0.4 is 14.8 Å². The van der Waals surface area contributed by atoms with E-state index in [1.807, 2.05) is 13.1 Å². The van der Waals surface area contributed by atoms with E-state index in [4.69, 9.17) is 9.47 Å². The number of ether oxygens (including phenoxy) is 2. The second kappa shape index (κ2) is 6.10. The average molecular weight is 251 g/mol. The molecule has 0 amide bonds. The molecule has 3 nitrogen and oxygen atoms in total. The summed E-state index contributed by atoms with van der Waals surface area (Å²) in [6.07, 6.45) is 1.10. The minimum absolute atomic E-state index is 0.173. The molecule has 1 atom stereocenters. The Kier molecular flexibility index (Phi) is 5.03. The van der Waals surface area contributed by atoms with Crippen LogP contribution in [0, 0.1) is 5.41 Å². The van der Waals surface area contributed by atoms with Crippen LogP contribution in [0.15, 0.2) is 18.2 Å². The normalized spacial score (nSPS) is 13.2. The molecule has 102 valence electrons. The maximum Gasteiger partial charge on any atom is 0.122 e. The van der Waals surface area contributed by atoms with Crippen LogP contribution in [0.4, 0.5) is 0 Å². The Labute approximate surface area is 110 Å². The quantitative estimate of drug-likeness (QED) is 0.840. The molecule has 0 saturated heterocycles. The maximum atomic E-state index is 5.33. The molecule has 1 rings (SSSR count). The van der Waals surface area contributed by atoms with Crippen molar-refractivity contribution in [3.63, 3.8) is 0 Å². The van der Waals surface area contributed by atoms with Crippen molar-refractivity contribution in [3.8, 4) is 11.5 Å². The highest BCUT2D eigenvalue weighted by atomic mass is 16.5. The number of benzene rings is 1. The Bertz CT molecular complexity index is 366. The lowest BCUT2D eigenvalue weighted by Gasteiger charge is -2.34. The summed E-state index contributed by atoms with van der Waals surface area (Å²) < 4.78 is 10.7. The van der Waals surface area contributed by atoms with Crippen LogP contribution in [-0.2, 0) is 0 Å². The third-order valence-electron chi connectivity index (χ3n) is 3.69. The zero-order chi connectivity index (χ0) is 13.8. The van der Waals surface area contributed by atoms with Crippen LogP contribution in [-0.4, -0.2) is 21.3 Å². The van der Waals surface area contributed by atoms with Gasteiger partial charge in [0.1, 0.15) is 11.5 Å². The molecule has 0 saturated carbocycles. The first-order chi connectivity index (χ1) is 8.48. The van der Waals surface area contributed by atoms with Crippen molar-refractivity contribution in [3.05, 3.63) is 23.8 Å². The van der Waals surface area contributed by atoms with Crippen molar-refractivity contribution in [2.75, 3.05) is 21.3 Å². The van der Waals surface area contributed by atoms with E-state index >= 15 is 0 Å². The van der Waals surface area contributed by atoms with Gasteiger partial charge in [0.25, 0.3) is 0 Å². The van der Waals surface area contributed by atoms with Gasteiger partial charge in [-0.25, -0.2) is 0 Å². The van der Waals surface area contributed by atoms with Crippen molar-refractivity contribution in [2.45, 2.75) is 33.2 Å². The summed E-state index contributed by atoms with van der Waals surface area (Å²) in [5, 5.41) is 3.40. The fraction of sp³-hybridized carbons (Fsp3) is 0.600.